The number of nitrogens with one attached hydrogen (secondary N) is 1. The number of sulfonamides is 2. The van der Waals surface area contributed by atoms with Gasteiger partial charge in [-0.05, 0) is 53.9 Å². The maximum atomic E-state index is 13.1. The van der Waals surface area contributed by atoms with E-state index in [9.17, 15) is 54.6 Å². The fourth-order valence-corrected chi connectivity index (χ4v) is 7.65. The minimum Gasteiger partial charge on any atom is -1.00 e. The van der Waals surface area contributed by atoms with Gasteiger partial charge in [0.05, 0.1) is 63.9 Å². The maximum Gasteiger partial charge on any atom is 1.00 e. The largest absolute Gasteiger partial charge is 1.00 e. The van der Waals surface area contributed by atoms with Crippen molar-refractivity contribution in [1.29, 1.82) is 0 Å². The summed E-state index contributed by atoms with van der Waals surface area (Å²) in [6, 6.07) is 19.1. The van der Waals surface area contributed by atoms with Gasteiger partial charge in [0, 0.05) is 12.1 Å². The first-order valence-corrected chi connectivity index (χ1v) is 23.1. The molecule has 0 unspecified atom stereocenters. The summed E-state index contributed by atoms with van der Waals surface area (Å²) in [6.45, 7) is -0.161. The molecule has 366 valence electrons. The number of ether oxygens (including phenoxy) is 2. The molecule has 0 fully saturated rings. The number of nitrogens with zero attached hydrogens (tertiary/aromatic N) is 7. The molecule has 0 saturated carbocycles. The zero-order chi connectivity index (χ0) is 50.4. The van der Waals surface area contributed by atoms with Crippen molar-refractivity contribution in [3.63, 3.8) is 0 Å². The fraction of sp³-hybridized carbons (Fsp3) is 0.289. The predicted molar refractivity (Wildman–Crippen MR) is 238 cm³/mol. The number of carbonyl (C=O) groups is 1. The van der Waals surface area contributed by atoms with Crippen molar-refractivity contribution in [2.24, 2.45) is 0 Å². The van der Waals surface area contributed by atoms with Crippen LogP contribution in [0.4, 0.5) is 40.6 Å². The van der Waals surface area contributed by atoms with Crippen LogP contribution in [0.1, 0.15) is 19.5 Å². The minimum absolute atomic E-state index is 0. The van der Waals surface area contributed by atoms with E-state index in [0.717, 1.165) is 41.1 Å². The molecule has 0 radical (unpaired) electrons. The minimum atomic E-state index is -3.98. The van der Waals surface area contributed by atoms with E-state index < -0.39 is 67.2 Å². The number of carbonyl (C=O) groups excluding carboxylic acids is 1. The van der Waals surface area contributed by atoms with Gasteiger partial charge in [-0.1, -0.05) is 54.4 Å². The Labute approximate surface area is 488 Å². The first-order chi connectivity index (χ1) is 31.4. The van der Waals surface area contributed by atoms with Gasteiger partial charge in [0.25, 0.3) is 30.7 Å². The Kier molecular flexibility index (Phi) is 27.1. The van der Waals surface area contributed by atoms with E-state index in [2.05, 4.69) is 34.1 Å². The quantitative estimate of drug-likeness (QED) is 0.0352. The normalized spacial score (nSPS) is 10.8. The molecular weight excluding hydrogens is 1070 g/mol. The molecule has 2 aromatic heterocycles. The van der Waals surface area contributed by atoms with E-state index in [4.69, 9.17) is 42.7 Å². The summed E-state index contributed by atoms with van der Waals surface area (Å²) in [7, 11) is -4.59. The van der Waals surface area contributed by atoms with E-state index in [1.807, 2.05) is 16.9 Å². The molecule has 21 nitrogen and oxygen atoms in total. The van der Waals surface area contributed by atoms with E-state index in [1.54, 1.807) is 31.4 Å². The van der Waals surface area contributed by atoms with Crippen LogP contribution >= 0.6 is 23.2 Å². The van der Waals surface area contributed by atoms with Crippen molar-refractivity contribution < 1.29 is 173 Å². The number of benzene rings is 4. The topological polar surface area (TPSA) is 273 Å². The van der Waals surface area contributed by atoms with Crippen LogP contribution in [-0.4, -0.2) is 92.3 Å². The van der Waals surface area contributed by atoms with E-state index in [0.29, 0.717) is 20.7 Å². The van der Waals surface area contributed by atoms with Crippen molar-refractivity contribution >= 4 is 94.5 Å². The van der Waals surface area contributed by atoms with Crippen LogP contribution in [0.3, 0.4) is 0 Å². The van der Waals surface area contributed by atoms with Crippen molar-refractivity contribution in [1.82, 2.24) is 19.6 Å². The van der Waals surface area contributed by atoms with Gasteiger partial charge in [-0.3, -0.25) is 29.7 Å². The van der Waals surface area contributed by atoms with E-state index >= 15 is 0 Å². The number of alkyl halides is 4. The summed E-state index contributed by atoms with van der Waals surface area (Å²) in [5.74, 6) is 0.867. The molecule has 0 aliphatic heterocycles. The third-order valence-electron chi connectivity index (χ3n) is 8.65. The molecule has 0 bridgehead atoms. The SMILES string of the molecule is CCc1ccc(OC)cc1.COc1ccc(CN(c2nn(CC(F)F)c3c([N+](=O)[O-])ccc(Cl)c23)S(C)(=O)=O)cc1.CS(=O)(=O)Nc1nn(CC(F)F)c2c([N+](=O)[O-])ccc(Cl)c12.O=CO[O-].[H-].[K+].[K+]. The van der Waals surface area contributed by atoms with Crippen LogP contribution in [-0.2, 0) is 55.8 Å². The summed E-state index contributed by atoms with van der Waals surface area (Å²) >= 11 is 12.1. The Morgan fingerprint density at radius 2 is 1.16 bits per heavy atom. The van der Waals surface area contributed by atoms with Crippen LogP contribution in [0.15, 0.2) is 72.8 Å². The number of anilines is 2. The summed E-state index contributed by atoms with van der Waals surface area (Å²) in [4.78, 5) is 32.2. The Bertz CT molecular complexity index is 2890. The van der Waals surface area contributed by atoms with Gasteiger partial charge in [0.15, 0.2) is 11.6 Å². The number of methoxy groups -OCH3 is 2. The molecule has 0 spiro atoms. The second-order valence-corrected chi connectivity index (χ2v) is 17.8. The molecule has 0 atom stereocenters. The molecule has 4 aromatic carbocycles. The summed E-state index contributed by atoms with van der Waals surface area (Å²) in [6.07, 6.45) is -2.89. The number of nitro benzene ring substituents is 2. The van der Waals surface area contributed by atoms with Crippen LogP contribution in [0.2, 0.25) is 10.0 Å². The number of nitro groups is 2. The Hall–Kier alpha value is -3.28. The molecule has 6 rings (SSSR count). The van der Waals surface area contributed by atoms with Crippen LogP contribution in [0.5, 0.6) is 11.5 Å². The molecule has 1 N–H and O–H groups in total. The zero-order valence-corrected chi connectivity index (χ0v) is 46.9. The van der Waals surface area contributed by atoms with Crippen molar-refractivity contribution in [2.45, 2.75) is 45.8 Å². The van der Waals surface area contributed by atoms with Crippen LogP contribution in [0.25, 0.3) is 21.8 Å². The average Bonchev–Trinajstić information content (AvgIpc) is 3.80. The molecule has 0 amide bonds. The molecule has 69 heavy (non-hydrogen) atoms. The van der Waals surface area contributed by atoms with Crippen LogP contribution < -0.4 is 127 Å². The molecule has 2 heterocycles. The Morgan fingerprint density at radius 1 is 0.754 bits per heavy atom. The van der Waals surface area contributed by atoms with Crippen LogP contribution in [0, 0.1) is 20.2 Å². The van der Waals surface area contributed by atoms with E-state index in [1.165, 1.54) is 24.8 Å². The first kappa shape index (κ1) is 63.7. The fourth-order valence-electron chi connectivity index (χ4n) is 5.86. The second kappa shape index (κ2) is 29.3. The summed E-state index contributed by atoms with van der Waals surface area (Å²) < 4.78 is 114. The third-order valence-corrected chi connectivity index (χ3v) is 10.9. The molecule has 6 aromatic rings. The molecule has 0 saturated heterocycles. The number of hydrogen-bond acceptors (Lipinski definition) is 15. The molecule has 0 aliphatic rings. The van der Waals surface area contributed by atoms with Crippen molar-refractivity contribution in [3.05, 3.63) is 114 Å². The summed E-state index contributed by atoms with van der Waals surface area (Å²) in [5, 5.41) is 38.3. The van der Waals surface area contributed by atoms with Crippen molar-refractivity contribution in [3.8, 4) is 11.5 Å². The zero-order valence-electron chi connectivity index (χ0n) is 38.5. The monoisotopic (exact) mass is 1100 g/mol. The second-order valence-electron chi connectivity index (χ2n) is 13.3. The van der Waals surface area contributed by atoms with Gasteiger partial charge in [-0.25, -0.2) is 48.1 Å². The smallest absolute Gasteiger partial charge is 1.00 e. The number of non-ortho nitro benzene ring substituents is 2. The molecule has 0 aliphatic carbocycles. The maximum absolute atomic E-state index is 13.1. The number of rotatable bonds is 16. The number of fused-ring (bicyclic) bond motifs is 2. The van der Waals surface area contributed by atoms with Gasteiger partial charge in [-0.15, -0.1) is 0 Å². The first-order valence-electron chi connectivity index (χ1n) is 18.6. The number of aromatic nitrogens is 4. The predicted octanol–water partition coefficient (Wildman–Crippen LogP) is 0.885. The molecular formula is C38H40Cl2F4K2N8O13S2. The van der Waals surface area contributed by atoms with Gasteiger partial charge < -0.3 is 21.0 Å². The third kappa shape index (κ3) is 18.7. The summed E-state index contributed by atoms with van der Waals surface area (Å²) in [5.41, 5.74) is 0.316. The molecule has 31 heteroatoms. The van der Waals surface area contributed by atoms with Gasteiger partial charge in [-0.2, -0.15) is 10.2 Å². The number of aryl methyl sites for hydroxylation is 1. The van der Waals surface area contributed by atoms with Gasteiger partial charge in [0.1, 0.15) is 35.6 Å². The average molecular weight is 1110 g/mol. The number of hydrogen-bond donors (Lipinski definition) is 1. The van der Waals surface area contributed by atoms with Gasteiger partial charge in [0.2, 0.25) is 20.0 Å². The Balaban J connectivity index is 0.00000106. The number of halogens is 6. The standard InChI is InChI=1S/C18H17ClF2N4O5S.C10H9ClF2N4O4S.C9H12O.CH2O3.2K.H/c1-30-12-5-3-11(4-6-12)9-24(31(2,28)29)18-16-13(19)7-8-14(25(26)27)17(16)23(22-18)10-15(20)21;1-22(20,21)15-10-8-5(11)2-3-6(17(18)19)9(8)16(14-10)4-7(12)13;1-3-8-4-6-9(10-2)7-5-8;2-1-4-3;;;/h3-8,15H,9-10H2,1-2H3;2-3,7H,4H2,1H3,(H,14,15);4-7H,3H2,1-2H3;1,3H;;;/q;;;;2*+1;-1/p-1. The van der Waals surface area contributed by atoms with E-state index in [-0.39, 0.29) is 161 Å². The van der Waals surface area contributed by atoms with Crippen molar-refractivity contribution in [2.75, 3.05) is 35.8 Å². The Morgan fingerprint density at radius 3 is 1.52 bits per heavy atom. The van der Waals surface area contributed by atoms with Gasteiger partial charge >= 0.3 is 103 Å².